The number of carbonyl (C=O) groups is 1. The summed E-state index contributed by atoms with van der Waals surface area (Å²) in [4.78, 5) is 16.5. The fourth-order valence-corrected chi connectivity index (χ4v) is 2.48. The number of nitrogens with zero attached hydrogens (tertiary/aromatic N) is 2. The third kappa shape index (κ3) is 4.59. The maximum atomic E-state index is 12.2. The molecule has 8 nitrogen and oxygen atoms in total. The summed E-state index contributed by atoms with van der Waals surface area (Å²) in [6.07, 6.45) is -0.657. The molecule has 0 bridgehead atoms. The number of nitrogens with one attached hydrogen (secondary N) is 1. The van der Waals surface area contributed by atoms with Crippen molar-refractivity contribution in [2.24, 2.45) is 0 Å². The predicted molar refractivity (Wildman–Crippen MR) is 101 cm³/mol. The summed E-state index contributed by atoms with van der Waals surface area (Å²) in [6, 6.07) is 14.4. The van der Waals surface area contributed by atoms with Gasteiger partial charge in [-0.3, -0.25) is 4.79 Å². The summed E-state index contributed by atoms with van der Waals surface area (Å²) in [6.45, 7) is 1.77. The van der Waals surface area contributed by atoms with Crippen LogP contribution in [-0.4, -0.2) is 36.4 Å². The molecule has 1 atom stereocenters. The van der Waals surface area contributed by atoms with E-state index in [9.17, 15) is 4.79 Å². The third-order valence-corrected chi connectivity index (χ3v) is 3.95. The number of methoxy groups -OCH3 is 2. The summed E-state index contributed by atoms with van der Waals surface area (Å²) >= 11 is 0. The van der Waals surface area contributed by atoms with Crippen molar-refractivity contribution < 1.29 is 23.5 Å². The molecule has 8 heteroatoms. The molecule has 0 saturated carbocycles. The van der Waals surface area contributed by atoms with E-state index in [-0.39, 0.29) is 18.3 Å². The maximum absolute atomic E-state index is 12.2. The van der Waals surface area contributed by atoms with Crippen LogP contribution in [0.25, 0.3) is 11.4 Å². The molecule has 146 valence electrons. The Morgan fingerprint density at radius 3 is 2.57 bits per heavy atom. The first-order valence-corrected chi connectivity index (χ1v) is 8.65. The van der Waals surface area contributed by atoms with Crippen molar-refractivity contribution in [3.05, 3.63) is 54.4 Å². The quantitative estimate of drug-likeness (QED) is 0.639. The summed E-state index contributed by atoms with van der Waals surface area (Å²) < 4.78 is 21.3. The Labute approximate surface area is 162 Å². The number of para-hydroxylation sites is 1. The lowest BCUT2D eigenvalue weighted by molar-refractivity contribution is -0.127. The van der Waals surface area contributed by atoms with Gasteiger partial charge in [-0.1, -0.05) is 23.4 Å². The van der Waals surface area contributed by atoms with Crippen molar-refractivity contribution >= 4 is 5.91 Å². The first kappa shape index (κ1) is 19.2. The Morgan fingerprint density at radius 2 is 1.86 bits per heavy atom. The number of aromatic nitrogens is 2. The van der Waals surface area contributed by atoms with Crippen molar-refractivity contribution in [2.75, 3.05) is 14.2 Å². The number of rotatable bonds is 8. The molecule has 0 saturated heterocycles. The number of ether oxygens (including phenoxy) is 3. The van der Waals surface area contributed by atoms with Gasteiger partial charge in [0.15, 0.2) is 17.6 Å². The average molecular weight is 383 g/mol. The summed E-state index contributed by atoms with van der Waals surface area (Å²) in [5.74, 6) is 2.18. The van der Waals surface area contributed by atoms with Gasteiger partial charge in [-0.15, -0.1) is 0 Å². The number of hydrogen-bond acceptors (Lipinski definition) is 7. The van der Waals surface area contributed by atoms with Crippen molar-refractivity contribution in [1.82, 2.24) is 15.5 Å². The Kier molecular flexibility index (Phi) is 6.11. The van der Waals surface area contributed by atoms with E-state index in [1.54, 1.807) is 51.5 Å². The van der Waals surface area contributed by atoms with Gasteiger partial charge in [0.1, 0.15) is 5.75 Å². The van der Waals surface area contributed by atoms with Gasteiger partial charge in [0.05, 0.1) is 20.8 Å². The van der Waals surface area contributed by atoms with Gasteiger partial charge in [0.25, 0.3) is 5.91 Å². The van der Waals surface area contributed by atoms with Gasteiger partial charge in [0, 0.05) is 5.56 Å². The largest absolute Gasteiger partial charge is 0.493 e. The van der Waals surface area contributed by atoms with Crippen LogP contribution in [-0.2, 0) is 11.3 Å². The van der Waals surface area contributed by atoms with Crippen LogP contribution in [0.15, 0.2) is 53.1 Å². The molecule has 1 aromatic heterocycles. The minimum atomic E-state index is -0.657. The lowest BCUT2D eigenvalue weighted by Crippen LogP contribution is -2.35. The second kappa shape index (κ2) is 8.90. The summed E-state index contributed by atoms with van der Waals surface area (Å²) in [7, 11) is 3.12. The van der Waals surface area contributed by atoms with Gasteiger partial charge < -0.3 is 24.1 Å². The molecule has 28 heavy (non-hydrogen) atoms. The standard InChI is InChI=1S/C20H21N3O5/c1-13(27-15-7-5-4-6-8-15)20(24)21-12-18-22-19(23-28-18)14-9-10-16(25-2)17(11-14)26-3/h4-11,13H,12H2,1-3H3,(H,21,24)/t13-/m0/s1. The summed E-state index contributed by atoms with van der Waals surface area (Å²) in [5, 5.41) is 6.66. The van der Waals surface area contributed by atoms with Crippen LogP contribution in [0.4, 0.5) is 0 Å². The minimum Gasteiger partial charge on any atom is -0.493 e. The van der Waals surface area contributed by atoms with E-state index in [1.165, 1.54) is 0 Å². The third-order valence-electron chi connectivity index (χ3n) is 3.95. The maximum Gasteiger partial charge on any atom is 0.261 e. The number of amides is 1. The topological polar surface area (TPSA) is 95.7 Å². The molecule has 3 aromatic rings. The smallest absolute Gasteiger partial charge is 0.261 e. The van der Waals surface area contributed by atoms with Crippen LogP contribution in [0.3, 0.4) is 0 Å². The average Bonchev–Trinajstić information content (AvgIpc) is 3.21. The molecular formula is C20H21N3O5. The molecule has 0 fully saturated rings. The summed E-state index contributed by atoms with van der Waals surface area (Å²) in [5.41, 5.74) is 0.708. The van der Waals surface area contributed by atoms with Gasteiger partial charge in [-0.05, 0) is 37.3 Å². The van der Waals surface area contributed by atoms with Crippen LogP contribution in [0, 0.1) is 0 Å². The van der Waals surface area contributed by atoms with E-state index < -0.39 is 6.10 Å². The van der Waals surface area contributed by atoms with Crippen LogP contribution in [0.1, 0.15) is 12.8 Å². The molecule has 0 aliphatic rings. The van der Waals surface area contributed by atoms with Crippen molar-refractivity contribution in [2.45, 2.75) is 19.6 Å². The lowest BCUT2D eigenvalue weighted by Gasteiger charge is -2.13. The van der Waals surface area contributed by atoms with Gasteiger partial charge >= 0.3 is 0 Å². The lowest BCUT2D eigenvalue weighted by atomic mass is 10.2. The van der Waals surface area contributed by atoms with Crippen LogP contribution < -0.4 is 19.5 Å². The molecule has 1 heterocycles. The Bertz CT molecular complexity index is 927. The van der Waals surface area contributed by atoms with E-state index in [4.69, 9.17) is 18.7 Å². The molecule has 1 N–H and O–H groups in total. The van der Waals surface area contributed by atoms with Gasteiger partial charge in [0.2, 0.25) is 11.7 Å². The molecule has 0 unspecified atom stereocenters. The zero-order valence-corrected chi connectivity index (χ0v) is 15.8. The normalized spacial score (nSPS) is 11.5. The molecule has 3 rings (SSSR count). The highest BCUT2D eigenvalue weighted by molar-refractivity contribution is 5.80. The first-order valence-electron chi connectivity index (χ1n) is 8.65. The number of hydrogen-bond donors (Lipinski definition) is 1. The molecule has 0 radical (unpaired) electrons. The SMILES string of the molecule is COc1ccc(-c2noc(CNC(=O)[C@H](C)Oc3ccccc3)n2)cc1OC. The van der Waals surface area contributed by atoms with E-state index in [2.05, 4.69) is 15.5 Å². The molecule has 0 spiro atoms. The second-order valence-electron chi connectivity index (χ2n) is 5.87. The van der Waals surface area contributed by atoms with Crippen LogP contribution in [0.2, 0.25) is 0 Å². The Hall–Kier alpha value is -3.55. The second-order valence-corrected chi connectivity index (χ2v) is 5.87. The highest BCUT2D eigenvalue weighted by atomic mass is 16.5. The monoisotopic (exact) mass is 383 g/mol. The molecule has 2 aromatic carbocycles. The van der Waals surface area contributed by atoms with E-state index in [0.717, 1.165) is 0 Å². The fourth-order valence-electron chi connectivity index (χ4n) is 2.48. The molecule has 0 aliphatic heterocycles. The van der Waals surface area contributed by atoms with Crippen molar-refractivity contribution in [3.63, 3.8) is 0 Å². The van der Waals surface area contributed by atoms with E-state index in [0.29, 0.717) is 28.6 Å². The highest BCUT2D eigenvalue weighted by Crippen LogP contribution is 2.31. The van der Waals surface area contributed by atoms with Crippen molar-refractivity contribution in [3.8, 4) is 28.6 Å². The van der Waals surface area contributed by atoms with Crippen LogP contribution >= 0.6 is 0 Å². The fraction of sp³-hybridized carbons (Fsp3) is 0.250. The van der Waals surface area contributed by atoms with Crippen LogP contribution in [0.5, 0.6) is 17.2 Å². The van der Waals surface area contributed by atoms with Gasteiger partial charge in [-0.25, -0.2) is 0 Å². The van der Waals surface area contributed by atoms with Gasteiger partial charge in [-0.2, -0.15) is 4.98 Å². The Morgan fingerprint density at radius 1 is 1.11 bits per heavy atom. The Balaban J connectivity index is 1.59. The first-order chi connectivity index (χ1) is 13.6. The highest BCUT2D eigenvalue weighted by Gasteiger charge is 2.17. The number of carbonyl (C=O) groups excluding carboxylic acids is 1. The minimum absolute atomic E-state index is 0.0988. The zero-order chi connectivity index (χ0) is 19.9. The van der Waals surface area contributed by atoms with Crippen molar-refractivity contribution in [1.29, 1.82) is 0 Å². The number of benzene rings is 2. The molecular weight excluding hydrogens is 362 g/mol. The zero-order valence-electron chi connectivity index (χ0n) is 15.8. The molecule has 0 aliphatic carbocycles. The van der Waals surface area contributed by atoms with E-state index >= 15 is 0 Å². The molecule has 1 amide bonds. The van der Waals surface area contributed by atoms with E-state index in [1.807, 2.05) is 18.2 Å². The predicted octanol–water partition coefficient (Wildman–Crippen LogP) is 2.84.